The molecule has 1 heterocycles. The zero-order valence-corrected chi connectivity index (χ0v) is 20.5. The van der Waals surface area contributed by atoms with E-state index in [1.54, 1.807) is 25.1 Å². The van der Waals surface area contributed by atoms with Crippen LogP contribution in [0.2, 0.25) is 0 Å². The van der Waals surface area contributed by atoms with Gasteiger partial charge in [-0.2, -0.15) is 0 Å². The van der Waals surface area contributed by atoms with Crippen molar-refractivity contribution in [2.45, 2.75) is 54.1 Å². The first-order valence-electron chi connectivity index (χ1n) is 10.2. The minimum atomic E-state index is -3.94. The van der Waals surface area contributed by atoms with Gasteiger partial charge in [-0.1, -0.05) is 36.3 Å². The molecule has 3 aromatic rings. The van der Waals surface area contributed by atoms with E-state index in [0.29, 0.717) is 28.6 Å². The van der Waals surface area contributed by atoms with Gasteiger partial charge >= 0.3 is 0 Å². The number of benzene rings is 2. The third-order valence-electron chi connectivity index (χ3n) is 5.98. The maximum atomic E-state index is 13.7. The molecule has 0 spiro atoms. The monoisotopic (exact) mass is 492 g/mol. The van der Waals surface area contributed by atoms with E-state index in [1.165, 1.54) is 12.1 Å². The first-order valence-corrected chi connectivity index (χ1v) is 14.4. The van der Waals surface area contributed by atoms with E-state index in [4.69, 9.17) is 0 Å². The fourth-order valence-electron chi connectivity index (χ4n) is 4.17. The Balaban J connectivity index is 1.72. The molecule has 1 amide bonds. The number of aromatic nitrogens is 1. The van der Waals surface area contributed by atoms with Crippen molar-refractivity contribution in [3.63, 3.8) is 0 Å². The topological polar surface area (TPSA) is 110 Å². The lowest BCUT2D eigenvalue weighted by Crippen LogP contribution is -2.47. The minimum Gasteiger partial charge on any atom is -0.301 e. The Morgan fingerprint density at radius 2 is 1.72 bits per heavy atom. The maximum Gasteiger partial charge on any atom is 0.248 e. The van der Waals surface area contributed by atoms with Gasteiger partial charge in [0.25, 0.3) is 0 Å². The van der Waals surface area contributed by atoms with E-state index in [0.717, 1.165) is 23.2 Å². The third-order valence-corrected chi connectivity index (χ3v) is 10.7. The van der Waals surface area contributed by atoms with Crippen molar-refractivity contribution in [3.05, 3.63) is 47.5 Å². The molecule has 1 aliphatic carbocycles. The molecule has 0 aliphatic heterocycles. The number of anilines is 1. The van der Waals surface area contributed by atoms with Crippen LogP contribution in [0, 0.1) is 13.8 Å². The molecule has 0 atom stereocenters. The number of hydrogen-bond donors (Lipinski definition) is 1. The first kappa shape index (κ1) is 22.9. The number of carbonyl (C=O) groups is 1. The predicted molar refractivity (Wildman–Crippen MR) is 126 cm³/mol. The van der Waals surface area contributed by atoms with Gasteiger partial charge in [-0.05, 0) is 62.1 Å². The zero-order chi connectivity index (χ0) is 23.3. The maximum absolute atomic E-state index is 13.7. The van der Waals surface area contributed by atoms with Gasteiger partial charge in [-0.25, -0.2) is 21.8 Å². The molecule has 1 aliphatic rings. The van der Waals surface area contributed by atoms with Crippen LogP contribution in [0.5, 0.6) is 0 Å². The molecule has 4 rings (SSSR count). The van der Waals surface area contributed by atoms with Crippen LogP contribution >= 0.6 is 11.3 Å². The van der Waals surface area contributed by atoms with Gasteiger partial charge in [0.1, 0.15) is 0 Å². The van der Waals surface area contributed by atoms with E-state index < -0.39 is 30.3 Å². The molecule has 0 bridgehead atoms. The molecule has 0 saturated heterocycles. The van der Waals surface area contributed by atoms with Gasteiger partial charge in [-0.3, -0.25) is 4.79 Å². The van der Waals surface area contributed by atoms with E-state index in [1.807, 2.05) is 13.0 Å². The molecule has 1 aromatic heterocycles. The Kier molecular flexibility index (Phi) is 5.67. The molecule has 0 radical (unpaired) electrons. The lowest BCUT2D eigenvalue weighted by atomic mass is 10.1. The number of hydrogen-bond acceptors (Lipinski definition) is 7. The van der Waals surface area contributed by atoms with Gasteiger partial charge in [-0.15, -0.1) is 0 Å². The molecule has 2 aromatic carbocycles. The highest BCUT2D eigenvalue weighted by atomic mass is 32.2. The average molecular weight is 493 g/mol. The number of sulfone groups is 2. The van der Waals surface area contributed by atoms with Crippen molar-refractivity contribution >= 4 is 52.3 Å². The highest BCUT2D eigenvalue weighted by Crippen LogP contribution is 2.43. The van der Waals surface area contributed by atoms with Crippen LogP contribution in [-0.4, -0.2) is 38.7 Å². The molecule has 0 unspecified atom stereocenters. The van der Waals surface area contributed by atoms with E-state index in [9.17, 15) is 21.6 Å². The van der Waals surface area contributed by atoms with Gasteiger partial charge in [0, 0.05) is 6.26 Å². The third kappa shape index (κ3) is 3.84. The number of fused-ring (bicyclic) bond motifs is 1. The standard InChI is InChI=1S/C22H24N2O5S3/c1-14-6-7-15(2)19(12-14)32(28,29)22(10-4-5-11-22)20(25)24-21-23-17-9-8-16(31(3,26)27)13-18(17)30-21/h6-9,12-13H,4-5,10-11H2,1-3H3,(H,23,24,25). The summed E-state index contributed by atoms with van der Waals surface area (Å²) in [6, 6.07) is 9.79. The first-order chi connectivity index (χ1) is 14.9. The number of aryl methyl sites for hydroxylation is 2. The van der Waals surface area contributed by atoms with Crippen LogP contribution in [-0.2, 0) is 24.5 Å². The SMILES string of the molecule is Cc1ccc(C)c(S(=O)(=O)C2(C(=O)Nc3nc4ccc(S(C)(=O)=O)cc4s3)CCCC2)c1. The lowest BCUT2D eigenvalue weighted by molar-refractivity contribution is -0.118. The highest BCUT2D eigenvalue weighted by Gasteiger charge is 2.53. The van der Waals surface area contributed by atoms with Crippen LogP contribution in [0.25, 0.3) is 10.2 Å². The minimum absolute atomic E-state index is 0.163. The predicted octanol–water partition coefficient (Wildman–Crippen LogP) is 4.04. The quantitative estimate of drug-likeness (QED) is 0.575. The number of thiazole rings is 1. The van der Waals surface area contributed by atoms with Crippen LogP contribution in [0.3, 0.4) is 0 Å². The van der Waals surface area contributed by atoms with Crippen molar-refractivity contribution in [2.75, 3.05) is 11.6 Å². The van der Waals surface area contributed by atoms with E-state index in [2.05, 4.69) is 10.3 Å². The fourth-order valence-corrected chi connectivity index (χ4v) is 8.17. The van der Waals surface area contributed by atoms with Crippen LogP contribution in [0.15, 0.2) is 46.2 Å². The normalized spacial score (nSPS) is 16.3. The smallest absolute Gasteiger partial charge is 0.248 e. The number of rotatable bonds is 5. The number of carbonyl (C=O) groups excluding carboxylic acids is 1. The van der Waals surface area contributed by atoms with Gasteiger partial charge in [0.05, 0.1) is 20.0 Å². The van der Waals surface area contributed by atoms with Crippen LogP contribution < -0.4 is 5.32 Å². The molecular formula is C22H24N2O5S3. The molecule has 1 N–H and O–H groups in total. The molecule has 1 saturated carbocycles. The summed E-state index contributed by atoms with van der Waals surface area (Å²) >= 11 is 1.12. The highest BCUT2D eigenvalue weighted by molar-refractivity contribution is 7.93. The summed E-state index contributed by atoms with van der Waals surface area (Å²) in [5, 5.41) is 2.97. The molecule has 170 valence electrons. The Bertz CT molecular complexity index is 1430. The Morgan fingerprint density at radius 3 is 2.38 bits per heavy atom. The zero-order valence-electron chi connectivity index (χ0n) is 18.0. The second-order valence-electron chi connectivity index (χ2n) is 8.35. The molecule has 7 nitrogen and oxygen atoms in total. The second kappa shape index (κ2) is 7.93. The lowest BCUT2D eigenvalue weighted by Gasteiger charge is -2.28. The fraction of sp³-hybridized carbons (Fsp3) is 0.364. The molecule has 1 fully saturated rings. The molecular weight excluding hydrogens is 468 g/mol. The van der Waals surface area contributed by atoms with Crippen molar-refractivity contribution in [1.29, 1.82) is 0 Å². The Labute approximate surface area is 191 Å². The van der Waals surface area contributed by atoms with Gasteiger partial charge in [0.15, 0.2) is 29.6 Å². The Morgan fingerprint density at radius 1 is 1.03 bits per heavy atom. The van der Waals surface area contributed by atoms with Crippen LogP contribution in [0.1, 0.15) is 36.8 Å². The van der Waals surface area contributed by atoms with Crippen LogP contribution in [0.4, 0.5) is 5.13 Å². The number of nitrogens with zero attached hydrogens (tertiary/aromatic N) is 1. The van der Waals surface area contributed by atoms with Gasteiger partial charge in [0.2, 0.25) is 5.91 Å². The summed E-state index contributed by atoms with van der Waals surface area (Å²) in [7, 11) is -7.32. The number of amides is 1. The summed E-state index contributed by atoms with van der Waals surface area (Å²) in [5.74, 6) is -0.585. The summed E-state index contributed by atoms with van der Waals surface area (Å²) in [6.07, 6.45) is 2.92. The largest absolute Gasteiger partial charge is 0.301 e. The van der Waals surface area contributed by atoms with E-state index in [-0.39, 0.29) is 27.8 Å². The number of nitrogens with one attached hydrogen (secondary N) is 1. The van der Waals surface area contributed by atoms with Crippen molar-refractivity contribution in [3.8, 4) is 0 Å². The van der Waals surface area contributed by atoms with Crippen molar-refractivity contribution in [1.82, 2.24) is 4.98 Å². The van der Waals surface area contributed by atoms with Crippen molar-refractivity contribution < 1.29 is 21.6 Å². The summed E-state index contributed by atoms with van der Waals surface area (Å²) in [5.41, 5.74) is 1.97. The average Bonchev–Trinajstić information content (AvgIpc) is 3.36. The summed E-state index contributed by atoms with van der Waals surface area (Å²) in [4.78, 5) is 18.2. The van der Waals surface area contributed by atoms with Gasteiger partial charge < -0.3 is 5.32 Å². The Hall–Kier alpha value is -2.30. The van der Waals surface area contributed by atoms with E-state index >= 15 is 0 Å². The molecule has 32 heavy (non-hydrogen) atoms. The summed E-state index contributed by atoms with van der Waals surface area (Å²) < 4.78 is 50.2. The van der Waals surface area contributed by atoms with Crippen molar-refractivity contribution in [2.24, 2.45) is 0 Å². The summed E-state index contributed by atoms with van der Waals surface area (Å²) in [6.45, 7) is 3.56. The molecule has 10 heteroatoms. The second-order valence-corrected chi connectivity index (χ2v) is 13.6.